The quantitative estimate of drug-likeness (QED) is 0.787. The molecule has 1 atom stereocenters. The fourth-order valence-corrected chi connectivity index (χ4v) is 4.62. The third-order valence-corrected chi connectivity index (χ3v) is 5.65. The highest BCUT2D eigenvalue weighted by Gasteiger charge is 2.24. The Morgan fingerprint density at radius 3 is 2.72 bits per heavy atom. The van der Waals surface area contributed by atoms with Gasteiger partial charge in [0.2, 0.25) is 0 Å². The highest BCUT2D eigenvalue weighted by Crippen LogP contribution is 2.21. The molecular weight excluding hydrogens is 338 g/mol. The fraction of sp³-hybridized carbons (Fsp3) is 0.500. The van der Waals surface area contributed by atoms with Gasteiger partial charge in [-0.1, -0.05) is 0 Å². The molecule has 0 bridgehead atoms. The molecule has 25 heavy (non-hydrogen) atoms. The third-order valence-electron chi connectivity index (χ3n) is 4.57. The Bertz CT molecular complexity index is 799. The molecule has 0 aliphatic carbocycles. The van der Waals surface area contributed by atoms with Crippen LogP contribution in [0.15, 0.2) is 36.7 Å². The molecule has 2 aromatic rings. The van der Waals surface area contributed by atoms with Gasteiger partial charge >= 0.3 is 0 Å². The van der Waals surface area contributed by atoms with Gasteiger partial charge in [0, 0.05) is 30.9 Å². The molecule has 0 N–H and O–H groups in total. The van der Waals surface area contributed by atoms with Crippen molar-refractivity contribution in [3.8, 4) is 11.4 Å². The highest BCUT2D eigenvalue weighted by atomic mass is 32.2. The molecule has 0 spiro atoms. The SMILES string of the molecule is COc1ccc(-n2ccnc2CN2CCC[C@@H](CS(C)(=O)=O)C2)cc1. The number of aromatic nitrogens is 2. The van der Waals surface area contributed by atoms with Gasteiger partial charge in [-0.2, -0.15) is 0 Å². The summed E-state index contributed by atoms with van der Waals surface area (Å²) < 4.78 is 30.4. The zero-order valence-corrected chi connectivity index (χ0v) is 15.6. The number of benzene rings is 1. The normalized spacial score (nSPS) is 19.0. The number of hydrogen-bond acceptors (Lipinski definition) is 5. The van der Waals surface area contributed by atoms with Crippen LogP contribution in [-0.4, -0.2) is 55.1 Å². The fourth-order valence-electron chi connectivity index (χ4n) is 3.49. The average Bonchev–Trinajstić information content (AvgIpc) is 3.02. The molecule has 136 valence electrons. The number of likely N-dealkylation sites (tertiary alicyclic amines) is 1. The van der Waals surface area contributed by atoms with Crippen molar-refractivity contribution in [3.63, 3.8) is 0 Å². The maximum Gasteiger partial charge on any atom is 0.147 e. The molecule has 0 radical (unpaired) electrons. The maximum atomic E-state index is 11.6. The lowest BCUT2D eigenvalue weighted by molar-refractivity contribution is 0.173. The van der Waals surface area contributed by atoms with Crippen molar-refractivity contribution >= 4 is 9.84 Å². The highest BCUT2D eigenvalue weighted by molar-refractivity contribution is 7.90. The Hall–Kier alpha value is -1.86. The number of nitrogens with zero attached hydrogens (tertiary/aromatic N) is 3. The van der Waals surface area contributed by atoms with Crippen LogP contribution < -0.4 is 4.74 Å². The summed E-state index contributed by atoms with van der Waals surface area (Å²) in [5.41, 5.74) is 1.04. The van der Waals surface area contributed by atoms with Crippen LogP contribution in [0.3, 0.4) is 0 Å². The lowest BCUT2D eigenvalue weighted by Crippen LogP contribution is -2.38. The largest absolute Gasteiger partial charge is 0.497 e. The van der Waals surface area contributed by atoms with Gasteiger partial charge in [-0.15, -0.1) is 0 Å². The molecule has 2 heterocycles. The lowest BCUT2D eigenvalue weighted by atomic mass is 10.0. The summed E-state index contributed by atoms with van der Waals surface area (Å²) in [7, 11) is -1.27. The van der Waals surface area contributed by atoms with Crippen LogP contribution in [0.2, 0.25) is 0 Å². The topological polar surface area (TPSA) is 64.4 Å². The molecule has 3 rings (SSSR count). The average molecular weight is 363 g/mol. The van der Waals surface area contributed by atoms with Gasteiger partial charge in [0.25, 0.3) is 0 Å². The Kier molecular flexibility index (Phi) is 5.44. The zero-order valence-electron chi connectivity index (χ0n) is 14.8. The number of piperidine rings is 1. The zero-order chi connectivity index (χ0) is 17.9. The van der Waals surface area contributed by atoms with Crippen LogP contribution in [0.1, 0.15) is 18.7 Å². The minimum atomic E-state index is -2.93. The smallest absolute Gasteiger partial charge is 0.147 e. The van der Waals surface area contributed by atoms with E-state index in [0.29, 0.717) is 0 Å². The number of rotatable bonds is 6. The van der Waals surface area contributed by atoms with Gasteiger partial charge in [-0.05, 0) is 49.6 Å². The van der Waals surface area contributed by atoms with Crippen molar-refractivity contribution in [2.45, 2.75) is 19.4 Å². The molecule has 1 aromatic carbocycles. The Balaban J connectivity index is 1.70. The van der Waals surface area contributed by atoms with E-state index in [0.717, 1.165) is 49.7 Å². The number of methoxy groups -OCH3 is 1. The standard InChI is InChI=1S/C18H25N3O3S/c1-24-17-7-5-16(6-8-17)21-11-9-19-18(21)13-20-10-3-4-15(12-20)14-25(2,22)23/h5-9,11,15H,3-4,10,12-14H2,1-2H3/t15-/m1/s1. The number of imidazole rings is 1. The molecule has 0 amide bonds. The van der Waals surface area contributed by atoms with E-state index >= 15 is 0 Å². The molecule has 1 saturated heterocycles. The minimum absolute atomic E-state index is 0.216. The maximum absolute atomic E-state index is 11.6. The summed E-state index contributed by atoms with van der Waals surface area (Å²) >= 11 is 0. The lowest BCUT2D eigenvalue weighted by Gasteiger charge is -2.32. The van der Waals surface area contributed by atoms with E-state index in [9.17, 15) is 8.42 Å². The summed E-state index contributed by atoms with van der Waals surface area (Å²) in [4.78, 5) is 6.81. The van der Waals surface area contributed by atoms with Crippen molar-refractivity contribution in [1.29, 1.82) is 0 Å². The minimum Gasteiger partial charge on any atom is -0.497 e. The van der Waals surface area contributed by atoms with Crippen LogP contribution in [0, 0.1) is 5.92 Å². The number of hydrogen-bond donors (Lipinski definition) is 0. The van der Waals surface area contributed by atoms with Crippen LogP contribution in [0.5, 0.6) is 5.75 Å². The van der Waals surface area contributed by atoms with Gasteiger partial charge in [0.15, 0.2) is 0 Å². The van der Waals surface area contributed by atoms with Gasteiger partial charge < -0.3 is 9.30 Å². The predicted octanol–water partition coefficient (Wildman–Crippen LogP) is 2.14. The van der Waals surface area contributed by atoms with E-state index in [1.165, 1.54) is 6.26 Å². The predicted molar refractivity (Wildman–Crippen MR) is 97.8 cm³/mol. The Labute approximate surface area is 149 Å². The summed E-state index contributed by atoms with van der Waals surface area (Å²) in [6.45, 7) is 2.51. The molecule has 0 saturated carbocycles. The second-order valence-electron chi connectivity index (χ2n) is 6.75. The molecule has 7 heteroatoms. The van der Waals surface area contributed by atoms with Gasteiger partial charge in [-0.3, -0.25) is 4.90 Å². The first-order valence-corrected chi connectivity index (χ1v) is 10.6. The van der Waals surface area contributed by atoms with Gasteiger partial charge in [0.1, 0.15) is 21.4 Å². The molecular formula is C18H25N3O3S. The molecule has 1 aliphatic rings. The first kappa shape index (κ1) is 17.9. The van der Waals surface area contributed by atoms with Crippen molar-refractivity contribution < 1.29 is 13.2 Å². The Morgan fingerprint density at radius 2 is 2.04 bits per heavy atom. The monoisotopic (exact) mass is 363 g/mol. The molecule has 6 nitrogen and oxygen atoms in total. The van der Waals surface area contributed by atoms with E-state index in [4.69, 9.17) is 4.74 Å². The molecule has 1 aliphatic heterocycles. The van der Waals surface area contributed by atoms with Crippen LogP contribution in [0.25, 0.3) is 5.69 Å². The van der Waals surface area contributed by atoms with Crippen LogP contribution >= 0.6 is 0 Å². The Morgan fingerprint density at radius 1 is 1.28 bits per heavy atom. The summed E-state index contributed by atoms with van der Waals surface area (Å²) in [5, 5.41) is 0. The van der Waals surface area contributed by atoms with E-state index in [1.807, 2.05) is 30.5 Å². The summed E-state index contributed by atoms with van der Waals surface area (Å²) in [6, 6.07) is 7.88. The number of ether oxygens (including phenoxy) is 1. The van der Waals surface area contributed by atoms with Crippen molar-refractivity contribution in [2.75, 3.05) is 32.2 Å². The second kappa shape index (κ2) is 7.58. The van der Waals surface area contributed by atoms with Gasteiger partial charge in [0.05, 0.1) is 19.4 Å². The summed E-state index contributed by atoms with van der Waals surface area (Å²) in [6.07, 6.45) is 7.09. The van der Waals surface area contributed by atoms with Gasteiger partial charge in [-0.25, -0.2) is 13.4 Å². The van der Waals surface area contributed by atoms with Crippen molar-refractivity contribution in [2.24, 2.45) is 5.92 Å². The van der Waals surface area contributed by atoms with E-state index in [1.54, 1.807) is 13.3 Å². The first-order chi connectivity index (χ1) is 11.9. The van der Waals surface area contributed by atoms with E-state index in [-0.39, 0.29) is 11.7 Å². The molecule has 0 unspecified atom stereocenters. The van der Waals surface area contributed by atoms with Crippen molar-refractivity contribution in [1.82, 2.24) is 14.5 Å². The molecule has 1 fully saturated rings. The number of sulfone groups is 1. The van der Waals surface area contributed by atoms with E-state index < -0.39 is 9.84 Å². The van der Waals surface area contributed by atoms with Crippen molar-refractivity contribution in [3.05, 3.63) is 42.5 Å². The second-order valence-corrected chi connectivity index (χ2v) is 8.93. The van der Waals surface area contributed by atoms with Crippen LogP contribution in [0.4, 0.5) is 0 Å². The third kappa shape index (κ3) is 4.83. The van der Waals surface area contributed by atoms with Crippen LogP contribution in [-0.2, 0) is 16.4 Å². The first-order valence-electron chi connectivity index (χ1n) is 8.51. The molecule has 1 aromatic heterocycles. The van der Waals surface area contributed by atoms with E-state index in [2.05, 4.69) is 14.5 Å². The summed E-state index contributed by atoms with van der Waals surface area (Å²) in [5.74, 6) is 2.28.